The average Bonchev–Trinajstić information content (AvgIpc) is 2.49. The third-order valence-corrected chi connectivity index (χ3v) is 2.99. The first-order valence-electron chi connectivity index (χ1n) is 6.52. The molecular weight excluding hydrogens is 250 g/mol. The Morgan fingerprint density at radius 3 is 2.70 bits per heavy atom. The summed E-state index contributed by atoms with van der Waals surface area (Å²) in [5.74, 6) is 0.811. The molecule has 3 nitrogen and oxygen atoms in total. The van der Waals surface area contributed by atoms with Crippen molar-refractivity contribution in [1.29, 1.82) is 5.26 Å². The molecule has 3 heteroatoms. The zero-order valence-corrected chi connectivity index (χ0v) is 11.5. The summed E-state index contributed by atoms with van der Waals surface area (Å²) in [4.78, 5) is 0. The lowest BCUT2D eigenvalue weighted by Crippen LogP contribution is -2.04. The zero-order valence-electron chi connectivity index (χ0n) is 11.5. The minimum atomic E-state index is 0.408. The van der Waals surface area contributed by atoms with Gasteiger partial charge < -0.3 is 9.47 Å². The summed E-state index contributed by atoms with van der Waals surface area (Å²) in [6.07, 6.45) is 0.408. The van der Waals surface area contributed by atoms with E-state index in [-0.39, 0.29) is 0 Å². The van der Waals surface area contributed by atoms with Gasteiger partial charge in [-0.25, -0.2) is 0 Å². The zero-order chi connectivity index (χ0) is 14.2. The molecule has 2 aromatic carbocycles. The van der Waals surface area contributed by atoms with Crippen LogP contribution in [0.5, 0.6) is 5.75 Å². The molecule has 0 aliphatic heterocycles. The minimum absolute atomic E-state index is 0.408. The van der Waals surface area contributed by atoms with E-state index in [9.17, 15) is 0 Å². The SMILES string of the molecule is COCCOc1cccc(-c2ccccc2CC#N)c1. The van der Waals surface area contributed by atoms with Gasteiger partial charge in [-0.05, 0) is 28.8 Å². The smallest absolute Gasteiger partial charge is 0.120 e. The summed E-state index contributed by atoms with van der Waals surface area (Å²) in [5, 5.41) is 8.90. The number of rotatable bonds is 6. The fourth-order valence-corrected chi connectivity index (χ4v) is 2.04. The fraction of sp³-hybridized carbons (Fsp3) is 0.235. The molecule has 0 aliphatic carbocycles. The van der Waals surface area contributed by atoms with Gasteiger partial charge >= 0.3 is 0 Å². The lowest BCUT2D eigenvalue weighted by atomic mass is 9.98. The molecule has 2 aromatic rings. The molecule has 0 fully saturated rings. The van der Waals surface area contributed by atoms with Crippen LogP contribution in [0.2, 0.25) is 0 Å². The van der Waals surface area contributed by atoms with Crippen molar-refractivity contribution in [2.24, 2.45) is 0 Å². The number of nitriles is 1. The van der Waals surface area contributed by atoms with Crippen molar-refractivity contribution in [1.82, 2.24) is 0 Å². The van der Waals surface area contributed by atoms with Crippen LogP contribution in [-0.4, -0.2) is 20.3 Å². The molecule has 20 heavy (non-hydrogen) atoms. The van der Waals surface area contributed by atoms with E-state index in [0.29, 0.717) is 19.6 Å². The highest BCUT2D eigenvalue weighted by Crippen LogP contribution is 2.27. The second-order valence-corrected chi connectivity index (χ2v) is 4.36. The van der Waals surface area contributed by atoms with E-state index in [1.165, 1.54) is 0 Å². The molecule has 0 saturated heterocycles. The Morgan fingerprint density at radius 1 is 1.05 bits per heavy atom. The summed E-state index contributed by atoms with van der Waals surface area (Å²) in [7, 11) is 1.65. The van der Waals surface area contributed by atoms with E-state index in [4.69, 9.17) is 14.7 Å². The second kappa shape index (κ2) is 7.32. The van der Waals surface area contributed by atoms with Gasteiger partial charge in [0, 0.05) is 7.11 Å². The third kappa shape index (κ3) is 3.59. The lowest BCUT2D eigenvalue weighted by Gasteiger charge is -2.10. The second-order valence-electron chi connectivity index (χ2n) is 4.36. The molecular formula is C17H17NO2. The highest BCUT2D eigenvalue weighted by atomic mass is 16.5. The lowest BCUT2D eigenvalue weighted by molar-refractivity contribution is 0.146. The van der Waals surface area contributed by atoms with Gasteiger partial charge in [0.25, 0.3) is 0 Å². The van der Waals surface area contributed by atoms with Crippen molar-refractivity contribution in [2.75, 3.05) is 20.3 Å². The van der Waals surface area contributed by atoms with Crippen LogP contribution in [0.4, 0.5) is 0 Å². The molecule has 0 aromatic heterocycles. The Kier molecular flexibility index (Phi) is 5.16. The molecule has 0 spiro atoms. The third-order valence-electron chi connectivity index (χ3n) is 2.99. The first kappa shape index (κ1) is 14.1. The van der Waals surface area contributed by atoms with Crippen molar-refractivity contribution in [3.63, 3.8) is 0 Å². The molecule has 0 unspecified atom stereocenters. The average molecular weight is 267 g/mol. The first-order chi connectivity index (χ1) is 9.85. The minimum Gasteiger partial charge on any atom is -0.491 e. The van der Waals surface area contributed by atoms with Gasteiger partial charge in [-0.2, -0.15) is 5.26 Å². The Morgan fingerprint density at radius 2 is 1.90 bits per heavy atom. The number of methoxy groups -OCH3 is 1. The van der Waals surface area contributed by atoms with E-state index in [2.05, 4.69) is 6.07 Å². The highest BCUT2D eigenvalue weighted by Gasteiger charge is 2.05. The maximum atomic E-state index is 8.90. The van der Waals surface area contributed by atoms with Gasteiger partial charge in [-0.1, -0.05) is 36.4 Å². The predicted octanol–water partition coefficient (Wildman–Crippen LogP) is 3.44. The Hall–Kier alpha value is -2.31. The van der Waals surface area contributed by atoms with Crippen LogP contribution in [0.15, 0.2) is 48.5 Å². The van der Waals surface area contributed by atoms with Crippen molar-refractivity contribution in [3.05, 3.63) is 54.1 Å². The molecule has 0 amide bonds. The number of hydrogen-bond acceptors (Lipinski definition) is 3. The van der Waals surface area contributed by atoms with E-state index >= 15 is 0 Å². The summed E-state index contributed by atoms with van der Waals surface area (Å²) in [6, 6.07) is 18.0. The summed E-state index contributed by atoms with van der Waals surface area (Å²) < 4.78 is 10.6. The summed E-state index contributed by atoms with van der Waals surface area (Å²) in [5.41, 5.74) is 3.17. The number of ether oxygens (including phenoxy) is 2. The number of nitrogens with zero attached hydrogens (tertiary/aromatic N) is 1. The normalized spacial score (nSPS) is 10.0. The molecule has 0 heterocycles. The van der Waals surface area contributed by atoms with E-state index in [0.717, 1.165) is 22.4 Å². The largest absolute Gasteiger partial charge is 0.491 e. The monoisotopic (exact) mass is 267 g/mol. The van der Waals surface area contributed by atoms with E-state index in [1.807, 2.05) is 48.5 Å². The fourth-order valence-electron chi connectivity index (χ4n) is 2.04. The maximum Gasteiger partial charge on any atom is 0.120 e. The molecule has 0 saturated carbocycles. The van der Waals surface area contributed by atoms with Gasteiger partial charge in [-0.15, -0.1) is 0 Å². The molecule has 0 radical (unpaired) electrons. The van der Waals surface area contributed by atoms with Gasteiger partial charge in [0.2, 0.25) is 0 Å². The van der Waals surface area contributed by atoms with Crippen molar-refractivity contribution < 1.29 is 9.47 Å². The van der Waals surface area contributed by atoms with E-state index < -0.39 is 0 Å². The van der Waals surface area contributed by atoms with Crippen LogP contribution in [0.25, 0.3) is 11.1 Å². The van der Waals surface area contributed by atoms with Gasteiger partial charge in [-0.3, -0.25) is 0 Å². The standard InChI is InChI=1S/C17H17NO2/c1-19-11-12-20-16-7-4-6-15(13-16)17-8-3-2-5-14(17)9-10-18/h2-8,13H,9,11-12H2,1H3. The first-order valence-corrected chi connectivity index (χ1v) is 6.52. The highest BCUT2D eigenvalue weighted by molar-refractivity contribution is 5.69. The van der Waals surface area contributed by atoms with Crippen molar-refractivity contribution >= 4 is 0 Å². The van der Waals surface area contributed by atoms with Gasteiger partial charge in [0.15, 0.2) is 0 Å². The maximum absolute atomic E-state index is 8.90. The molecule has 2 rings (SSSR count). The van der Waals surface area contributed by atoms with Crippen molar-refractivity contribution in [2.45, 2.75) is 6.42 Å². The van der Waals surface area contributed by atoms with E-state index in [1.54, 1.807) is 7.11 Å². The molecule has 0 bridgehead atoms. The predicted molar refractivity (Wildman–Crippen MR) is 78.6 cm³/mol. The van der Waals surface area contributed by atoms with Crippen LogP contribution in [-0.2, 0) is 11.2 Å². The molecule has 0 atom stereocenters. The van der Waals surface area contributed by atoms with Gasteiger partial charge in [0.05, 0.1) is 19.1 Å². The summed E-state index contributed by atoms with van der Waals surface area (Å²) >= 11 is 0. The number of hydrogen-bond donors (Lipinski definition) is 0. The Balaban J connectivity index is 2.25. The topological polar surface area (TPSA) is 42.2 Å². The van der Waals surface area contributed by atoms with Crippen LogP contribution in [0, 0.1) is 11.3 Å². The van der Waals surface area contributed by atoms with Gasteiger partial charge in [0.1, 0.15) is 12.4 Å². The molecule has 0 aliphatic rings. The van der Waals surface area contributed by atoms with Crippen molar-refractivity contribution in [3.8, 4) is 22.9 Å². The van der Waals surface area contributed by atoms with Crippen LogP contribution < -0.4 is 4.74 Å². The van der Waals surface area contributed by atoms with Crippen LogP contribution in [0.3, 0.4) is 0 Å². The summed E-state index contributed by atoms with van der Waals surface area (Å²) in [6.45, 7) is 1.09. The quantitative estimate of drug-likeness (QED) is 0.753. The molecule has 0 N–H and O–H groups in total. The number of benzene rings is 2. The van der Waals surface area contributed by atoms with Crippen LogP contribution in [0.1, 0.15) is 5.56 Å². The molecule has 102 valence electrons. The Labute approximate surface area is 119 Å². The Bertz CT molecular complexity index is 602. The van der Waals surface area contributed by atoms with Crippen LogP contribution >= 0.6 is 0 Å².